The maximum Gasteiger partial charge on any atom is 0.170 e. The van der Waals surface area contributed by atoms with E-state index in [9.17, 15) is 0 Å². The summed E-state index contributed by atoms with van der Waals surface area (Å²) in [4.78, 5) is 7.32. The van der Waals surface area contributed by atoms with Crippen LogP contribution >= 0.6 is 11.3 Å². The highest BCUT2D eigenvalue weighted by molar-refractivity contribution is 7.13. The Bertz CT molecular complexity index is 907. The summed E-state index contributed by atoms with van der Waals surface area (Å²) in [5.74, 6) is 1.47. The highest BCUT2D eigenvalue weighted by Gasteiger charge is 2.18. The van der Waals surface area contributed by atoms with Gasteiger partial charge in [0.2, 0.25) is 0 Å². The molecule has 1 aromatic heterocycles. The second-order valence-corrected chi connectivity index (χ2v) is 7.27. The highest BCUT2D eigenvalue weighted by Crippen LogP contribution is 2.39. The summed E-state index contributed by atoms with van der Waals surface area (Å²) in [6.45, 7) is 2.94. The molecule has 26 heavy (non-hydrogen) atoms. The fourth-order valence-electron chi connectivity index (χ4n) is 3.48. The maximum atomic E-state index is 5.55. The van der Waals surface area contributed by atoms with Crippen LogP contribution in [-0.4, -0.2) is 30.6 Å². The van der Waals surface area contributed by atoms with E-state index >= 15 is 0 Å². The molecule has 0 aliphatic carbocycles. The van der Waals surface area contributed by atoms with Crippen molar-refractivity contribution in [3.8, 4) is 22.1 Å². The molecule has 3 aromatic rings. The summed E-state index contributed by atoms with van der Waals surface area (Å²) in [6.07, 6.45) is 1.11. The van der Waals surface area contributed by atoms with Crippen LogP contribution in [0.5, 0.6) is 11.5 Å². The van der Waals surface area contributed by atoms with Crippen LogP contribution < -0.4 is 9.47 Å². The van der Waals surface area contributed by atoms with Crippen molar-refractivity contribution in [2.45, 2.75) is 19.5 Å². The van der Waals surface area contributed by atoms with Crippen molar-refractivity contribution in [2.75, 3.05) is 20.8 Å². The normalized spacial score (nSPS) is 14.1. The highest BCUT2D eigenvalue weighted by atomic mass is 32.1. The molecule has 0 amide bonds. The first kappa shape index (κ1) is 17.1. The van der Waals surface area contributed by atoms with Crippen molar-refractivity contribution in [1.29, 1.82) is 0 Å². The zero-order valence-electron chi connectivity index (χ0n) is 15.1. The number of rotatable bonds is 5. The van der Waals surface area contributed by atoms with Gasteiger partial charge in [-0.05, 0) is 29.7 Å². The molecule has 4 rings (SSSR count). The fraction of sp³-hybridized carbons (Fsp3) is 0.286. The summed E-state index contributed by atoms with van der Waals surface area (Å²) in [5.41, 5.74) is 4.99. The van der Waals surface area contributed by atoms with E-state index in [1.165, 1.54) is 11.1 Å². The number of hydrogen-bond donors (Lipinski definition) is 0. The number of ether oxygens (including phenoxy) is 2. The standard InChI is InChI=1S/C21H22N2O2S/c1-24-19-9-5-8-18(20(19)25-2)21-22-17(14-26-21)13-23-11-10-15-6-3-4-7-16(15)12-23/h3-9,14H,10-13H2,1-2H3. The van der Waals surface area contributed by atoms with E-state index < -0.39 is 0 Å². The van der Waals surface area contributed by atoms with Crippen LogP contribution in [0.4, 0.5) is 0 Å². The summed E-state index contributed by atoms with van der Waals surface area (Å²) in [5, 5.41) is 3.11. The SMILES string of the molecule is COc1cccc(-c2nc(CN3CCc4ccccc4C3)cs2)c1OC. The first-order valence-electron chi connectivity index (χ1n) is 8.73. The lowest BCUT2D eigenvalue weighted by Gasteiger charge is -2.27. The smallest absolute Gasteiger partial charge is 0.170 e. The number of methoxy groups -OCH3 is 2. The molecular formula is C21H22N2O2S. The average molecular weight is 366 g/mol. The molecule has 0 bridgehead atoms. The number of hydrogen-bond acceptors (Lipinski definition) is 5. The fourth-order valence-corrected chi connectivity index (χ4v) is 4.31. The summed E-state index contributed by atoms with van der Waals surface area (Å²) in [7, 11) is 3.32. The Kier molecular flexibility index (Phi) is 4.91. The van der Waals surface area contributed by atoms with Crippen molar-refractivity contribution in [3.05, 3.63) is 64.7 Å². The van der Waals surface area contributed by atoms with Crippen LogP contribution in [0, 0.1) is 0 Å². The van der Waals surface area contributed by atoms with Gasteiger partial charge in [-0.3, -0.25) is 4.90 Å². The maximum absolute atomic E-state index is 5.55. The van der Waals surface area contributed by atoms with E-state index in [4.69, 9.17) is 14.5 Å². The van der Waals surface area contributed by atoms with Crippen molar-refractivity contribution in [1.82, 2.24) is 9.88 Å². The molecule has 5 heteroatoms. The Balaban J connectivity index is 1.53. The third-order valence-electron chi connectivity index (χ3n) is 4.78. The summed E-state index contributed by atoms with van der Waals surface area (Å²) in [6, 6.07) is 14.6. The molecule has 1 aliphatic heterocycles. The molecular weight excluding hydrogens is 344 g/mol. The molecule has 0 saturated heterocycles. The molecule has 0 radical (unpaired) electrons. The molecule has 2 heterocycles. The van der Waals surface area contributed by atoms with Crippen LogP contribution in [0.25, 0.3) is 10.6 Å². The Labute approximate surface area is 158 Å². The van der Waals surface area contributed by atoms with Crippen molar-refractivity contribution in [2.24, 2.45) is 0 Å². The number of fused-ring (bicyclic) bond motifs is 1. The van der Waals surface area contributed by atoms with Gasteiger partial charge in [0.15, 0.2) is 11.5 Å². The first-order chi connectivity index (χ1) is 12.8. The van der Waals surface area contributed by atoms with E-state index in [1.54, 1.807) is 25.6 Å². The van der Waals surface area contributed by atoms with E-state index in [2.05, 4.69) is 34.5 Å². The van der Waals surface area contributed by atoms with Gasteiger partial charge in [-0.1, -0.05) is 30.3 Å². The largest absolute Gasteiger partial charge is 0.493 e. The van der Waals surface area contributed by atoms with Gasteiger partial charge in [-0.25, -0.2) is 4.98 Å². The number of thiazole rings is 1. The van der Waals surface area contributed by atoms with E-state index in [1.807, 2.05) is 18.2 Å². The van der Waals surface area contributed by atoms with Crippen molar-refractivity contribution >= 4 is 11.3 Å². The second kappa shape index (κ2) is 7.48. The van der Waals surface area contributed by atoms with E-state index in [0.29, 0.717) is 0 Å². The third kappa shape index (κ3) is 3.32. The lowest BCUT2D eigenvalue weighted by Crippen LogP contribution is -2.30. The van der Waals surface area contributed by atoms with Gasteiger partial charge in [0.05, 0.1) is 25.5 Å². The van der Waals surface area contributed by atoms with Crippen LogP contribution in [-0.2, 0) is 19.5 Å². The Morgan fingerprint density at radius 2 is 1.88 bits per heavy atom. The zero-order valence-corrected chi connectivity index (χ0v) is 15.9. The van der Waals surface area contributed by atoms with Gasteiger partial charge in [-0.15, -0.1) is 11.3 Å². The predicted octanol–water partition coefficient (Wildman–Crippen LogP) is 4.39. The Morgan fingerprint density at radius 3 is 2.69 bits per heavy atom. The van der Waals surface area contributed by atoms with Gasteiger partial charge in [0.1, 0.15) is 5.01 Å². The monoisotopic (exact) mass is 366 g/mol. The van der Waals surface area contributed by atoms with Gasteiger partial charge < -0.3 is 9.47 Å². The van der Waals surface area contributed by atoms with Crippen LogP contribution in [0.3, 0.4) is 0 Å². The average Bonchev–Trinajstić information content (AvgIpc) is 3.15. The molecule has 0 unspecified atom stereocenters. The second-order valence-electron chi connectivity index (χ2n) is 6.41. The van der Waals surface area contributed by atoms with Gasteiger partial charge >= 0.3 is 0 Å². The molecule has 0 atom stereocenters. The van der Waals surface area contributed by atoms with Crippen LogP contribution in [0.1, 0.15) is 16.8 Å². The van der Waals surface area contributed by atoms with Crippen molar-refractivity contribution in [3.63, 3.8) is 0 Å². The molecule has 2 aromatic carbocycles. The molecule has 0 spiro atoms. The number of nitrogens with zero attached hydrogens (tertiary/aromatic N) is 2. The lowest BCUT2D eigenvalue weighted by atomic mass is 10.00. The van der Waals surface area contributed by atoms with E-state index in [-0.39, 0.29) is 0 Å². The first-order valence-corrected chi connectivity index (χ1v) is 9.61. The van der Waals surface area contributed by atoms with Gasteiger partial charge in [-0.2, -0.15) is 0 Å². The quantitative estimate of drug-likeness (QED) is 0.671. The summed E-state index contributed by atoms with van der Waals surface area (Å²) >= 11 is 1.65. The molecule has 134 valence electrons. The Hall–Kier alpha value is -2.37. The lowest BCUT2D eigenvalue weighted by molar-refractivity contribution is 0.243. The van der Waals surface area contributed by atoms with E-state index in [0.717, 1.165) is 53.8 Å². The van der Waals surface area contributed by atoms with Crippen LogP contribution in [0.2, 0.25) is 0 Å². The van der Waals surface area contributed by atoms with Gasteiger partial charge in [0.25, 0.3) is 0 Å². The zero-order chi connectivity index (χ0) is 17.9. The minimum atomic E-state index is 0.731. The van der Waals surface area contributed by atoms with Gasteiger partial charge in [0, 0.05) is 25.0 Å². The third-order valence-corrected chi connectivity index (χ3v) is 5.70. The number of aromatic nitrogens is 1. The molecule has 4 nitrogen and oxygen atoms in total. The van der Waals surface area contributed by atoms with Crippen molar-refractivity contribution < 1.29 is 9.47 Å². The number of para-hydroxylation sites is 1. The Morgan fingerprint density at radius 1 is 1.04 bits per heavy atom. The molecule has 0 fully saturated rings. The topological polar surface area (TPSA) is 34.6 Å². The molecule has 0 N–H and O–H groups in total. The minimum absolute atomic E-state index is 0.731. The number of benzene rings is 2. The predicted molar refractivity (Wildman–Crippen MR) is 105 cm³/mol. The van der Waals surface area contributed by atoms with Crippen LogP contribution in [0.15, 0.2) is 47.8 Å². The minimum Gasteiger partial charge on any atom is -0.493 e. The molecule has 1 aliphatic rings. The molecule has 0 saturated carbocycles. The summed E-state index contributed by atoms with van der Waals surface area (Å²) < 4.78 is 11.0.